The first kappa shape index (κ1) is 11.6. The Balaban J connectivity index is 1.52. The smallest absolute Gasteiger partial charge is 0.318 e. The van der Waals surface area contributed by atoms with Crippen molar-refractivity contribution in [3.8, 4) is 0 Å². The number of urea groups is 1. The molecule has 0 saturated carbocycles. The molecule has 3 rings (SSSR count). The second-order valence-electron chi connectivity index (χ2n) is 5.24. The van der Waals surface area contributed by atoms with E-state index < -0.39 is 0 Å². The molecule has 5 nitrogen and oxygen atoms in total. The van der Waals surface area contributed by atoms with Crippen LogP contribution in [0.25, 0.3) is 0 Å². The van der Waals surface area contributed by atoms with Crippen LogP contribution in [0.2, 0.25) is 0 Å². The molecule has 0 bridgehead atoms. The van der Waals surface area contributed by atoms with E-state index in [1.807, 2.05) is 23.4 Å². The zero-order valence-electron chi connectivity index (χ0n) is 10.5. The number of hydrogen-bond acceptors (Lipinski definition) is 2. The first-order valence-corrected chi connectivity index (χ1v) is 6.72. The fourth-order valence-corrected chi connectivity index (χ4v) is 2.82. The third-order valence-corrected chi connectivity index (χ3v) is 3.98. The van der Waals surface area contributed by atoms with Crippen LogP contribution in [0.1, 0.15) is 24.4 Å². The average molecular weight is 248 g/mol. The highest BCUT2D eigenvalue weighted by Crippen LogP contribution is 2.21. The van der Waals surface area contributed by atoms with E-state index in [0.717, 1.165) is 44.1 Å². The van der Waals surface area contributed by atoms with Crippen LogP contribution in [0.15, 0.2) is 18.5 Å². The number of rotatable bonds is 4. The molecule has 2 saturated heterocycles. The van der Waals surface area contributed by atoms with Gasteiger partial charge in [-0.2, -0.15) is 0 Å². The van der Waals surface area contributed by atoms with Gasteiger partial charge in [0, 0.05) is 25.5 Å². The summed E-state index contributed by atoms with van der Waals surface area (Å²) in [5.41, 5.74) is 1.16. The molecule has 98 valence electrons. The minimum absolute atomic E-state index is 0.0761. The van der Waals surface area contributed by atoms with Gasteiger partial charge >= 0.3 is 6.03 Å². The minimum atomic E-state index is 0.0761. The lowest BCUT2D eigenvalue weighted by molar-refractivity contribution is 0.214. The van der Waals surface area contributed by atoms with E-state index >= 15 is 0 Å². The molecule has 2 unspecified atom stereocenters. The summed E-state index contributed by atoms with van der Waals surface area (Å²) in [6, 6.07) is 2.24. The van der Waals surface area contributed by atoms with Crippen molar-refractivity contribution in [2.45, 2.75) is 18.9 Å². The lowest BCUT2D eigenvalue weighted by atomic mass is 10.0. The molecule has 3 heterocycles. The number of aromatic amines is 1. The Morgan fingerprint density at radius 1 is 1.44 bits per heavy atom. The summed E-state index contributed by atoms with van der Waals surface area (Å²) in [6.07, 6.45) is 6.21. The number of hydrogen-bond donors (Lipinski definition) is 3. The van der Waals surface area contributed by atoms with E-state index in [1.165, 1.54) is 6.42 Å². The summed E-state index contributed by atoms with van der Waals surface area (Å²) in [5.74, 6) is 0.740. The normalized spacial score (nSPS) is 27.8. The maximum absolute atomic E-state index is 11.9. The lowest BCUT2D eigenvalue weighted by Gasteiger charge is -2.16. The Hall–Kier alpha value is -1.49. The third-order valence-electron chi connectivity index (χ3n) is 3.98. The molecule has 0 aromatic carbocycles. The monoisotopic (exact) mass is 248 g/mol. The predicted octanol–water partition coefficient (Wildman–Crippen LogP) is 1.08. The topological polar surface area (TPSA) is 60.2 Å². The van der Waals surface area contributed by atoms with Crippen molar-refractivity contribution < 1.29 is 4.79 Å². The SMILES string of the molecule is O=C1NC(c2cc[nH]c2)CN1CCC1CCNC1. The van der Waals surface area contributed by atoms with E-state index in [9.17, 15) is 4.79 Å². The van der Waals surface area contributed by atoms with Gasteiger partial charge in [0.1, 0.15) is 0 Å². The van der Waals surface area contributed by atoms with Crippen molar-refractivity contribution >= 4 is 6.03 Å². The molecular weight excluding hydrogens is 228 g/mol. The van der Waals surface area contributed by atoms with Gasteiger partial charge in [0.05, 0.1) is 6.04 Å². The second-order valence-corrected chi connectivity index (χ2v) is 5.24. The quantitative estimate of drug-likeness (QED) is 0.746. The molecule has 2 fully saturated rings. The van der Waals surface area contributed by atoms with E-state index in [-0.39, 0.29) is 12.1 Å². The predicted molar refractivity (Wildman–Crippen MR) is 69.2 cm³/mol. The van der Waals surface area contributed by atoms with Crippen molar-refractivity contribution in [1.82, 2.24) is 20.5 Å². The van der Waals surface area contributed by atoms with Crippen molar-refractivity contribution in [2.24, 2.45) is 5.92 Å². The standard InChI is InChI=1S/C13H20N4O/c18-13-16-12(11-2-5-15-8-11)9-17(13)6-3-10-1-4-14-7-10/h2,5,8,10,12,14-15H,1,3-4,6-7,9H2,(H,16,18). The van der Waals surface area contributed by atoms with Crippen LogP contribution >= 0.6 is 0 Å². The molecule has 1 aromatic heterocycles. The van der Waals surface area contributed by atoms with Gasteiger partial charge in [-0.05, 0) is 43.5 Å². The Morgan fingerprint density at radius 2 is 2.39 bits per heavy atom. The third kappa shape index (κ3) is 2.36. The molecule has 1 aromatic rings. The first-order chi connectivity index (χ1) is 8.83. The largest absolute Gasteiger partial charge is 0.367 e. The highest BCUT2D eigenvalue weighted by molar-refractivity contribution is 5.77. The summed E-state index contributed by atoms with van der Waals surface area (Å²) in [6.45, 7) is 3.90. The molecule has 5 heteroatoms. The zero-order chi connectivity index (χ0) is 12.4. The van der Waals surface area contributed by atoms with E-state index in [1.54, 1.807) is 0 Å². The van der Waals surface area contributed by atoms with Gasteiger partial charge in [0.15, 0.2) is 0 Å². The lowest BCUT2D eigenvalue weighted by Crippen LogP contribution is -2.30. The summed E-state index contributed by atoms with van der Waals surface area (Å²) in [5, 5.41) is 6.40. The Labute approximate surface area is 107 Å². The van der Waals surface area contributed by atoms with Gasteiger partial charge in [-0.15, -0.1) is 0 Å². The van der Waals surface area contributed by atoms with Crippen molar-refractivity contribution in [3.63, 3.8) is 0 Å². The maximum atomic E-state index is 11.9. The van der Waals surface area contributed by atoms with Crippen LogP contribution in [-0.4, -0.2) is 42.1 Å². The molecule has 2 amide bonds. The van der Waals surface area contributed by atoms with Crippen LogP contribution in [0.3, 0.4) is 0 Å². The number of carbonyl (C=O) groups excluding carboxylic acids is 1. The molecule has 0 radical (unpaired) electrons. The highest BCUT2D eigenvalue weighted by atomic mass is 16.2. The Bertz CT molecular complexity index is 397. The van der Waals surface area contributed by atoms with E-state index in [0.29, 0.717) is 0 Å². The van der Waals surface area contributed by atoms with Gasteiger partial charge in [-0.1, -0.05) is 0 Å². The van der Waals surface area contributed by atoms with Gasteiger partial charge in [-0.25, -0.2) is 4.79 Å². The number of H-pyrrole nitrogens is 1. The van der Waals surface area contributed by atoms with Crippen molar-refractivity contribution in [2.75, 3.05) is 26.2 Å². The fourth-order valence-electron chi connectivity index (χ4n) is 2.82. The summed E-state index contributed by atoms with van der Waals surface area (Å²) >= 11 is 0. The van der Waals surface area contributed by atoms with E-state index in [2.05, 4.69) is 15.6 Å². The summed E-state index contributed by atoms with van der Waals surface area (Å²) in [7, 11) is 0. The molecule has 0 aliphatic carbocycles. The fraction of sp³-hybridized carbons (Fsp3) is 0.615. The second kappa shape index (κ2) is 5.02. The number of nitrogens with one attached hydrogen (secondary N) is 3. The summed E-state index contributed by atoms with van der Waals surface area (Å²) in [4.78, 5) is 16.8. The molecular formula is C13H20N4O. The van der Waals surface area contributed by atoms with Crippen molar-refractivity contribution in [1.29, 1.82) is 0 Å². The van der Waals surface area contributed by atoms with Gasteiger partial charge < -0.3 is 20.5 Å². The molecule has 18 heavy (non-hydrogen) atoms. The highest BCUT2D eigenvalue weighted by Gasteiger charge is 2.30. The van der Waals surface area contributed by atoms with Crippen LogP contribution in [0.5, 0.6) is 0 Å². The molecule has 0 spiro atoms. The molecule has 2 aliphatic heterocycles. The first-order valence-electron chi connectivity index (χ1n) is 6.72. The van der Waals surface area contributed by atoms with Crippen LogP contribution in [0.4, 0.5) is 4.79 Å². The number of amides is 2. The molecule has 3 N–H and O–H groups in total. The van der Waals surface area contributed by atoms with Crippen LogP contribution < -0.4 is 10.6 Å². The van der Waals surface area contributed by atoms with Gasteiger partial charge in [-0.3, -0.25) is 0 Å². The van der Waals surface area contributed by atoms with Crippen LogP contribution in [0, 0.1) is 5.92 Å². The van der Waals surface area contributed by atoms with Gasteiger partial charge in [0.25, 0.3) is 0 Å². The number of nitrogens with zero attached hydrogens (tertiary/aromatic N) is 1. The Kier molecular flexibility index (Phi) is 3.23. The number of aromatic nitrogens is 1. The van der Waals surface area contributed by atoms with Crippen LogP contribution in [-0.2, 0) is 0 Å². The number of carbonyl (C=O) groups is 1. The maximum Gasteiger partial charge on any atom is 0.318 e. The average Bonchev–Trinajstić information content (AvgIpc) is 3.09. The minimum Gasteiger partial charge on any atom is -0.367 e. The summed E-state index contributed by atoms with van der Waals surface area (Å²) < 4.78 is 0. The van der Waals surface area contributed by atoms with E-state index in [4.69, 9.17) is 0 Å². The molecule has 2 aliphatic rings. The Morgan fingerprint density at radius 3 is 3.11 bits per heavy atom. The molecule has 2 atom stereocenters. The zero-order valence-corrected chi connectivity index (χ0v) is 10.5. The van der Waals surface area contributed by atoms with Gasteiger partial charge in [0.2, 0.25) is 0 Å². The van der Waals surface area contributed by atoms with Crippen molar-refractivity contribution in [3.05, 3.63) is 24.0 Å².